The highest BCUT2D eigenvalue weighted by Crippen LogP contribution is 2.31. The maximum atomic E-state index is 12.6. The lowest BCUT2D eigenvalue weighted by Crippen LogP contribution is -2.49. The van der Waals surface area contributed by atoms with Gasteiger partial charge in [-0.25, -0.2) is 13.1 Å². The van der Waals surface area contributed by atoms with E-state index in [2.05, 4.69) is 4.72 Å². The Morgan fingerprint density at radius 2 is 1.86 bits per heavy atom. The maximum Gasteiger partial charge on any atom is 0.310 e. The quantitative estimate of drug-likeness (QED) is 0.751. The van der Waals surface area contributed by atoms with Crippen LogP contribution in [0.4, 0.5) is 0 Å². The Labute approximate surface area is 126 Å². The van der Waals surface area contributed by atoms with Crippen molar-refractivity contribution in [3.8, 4) is 0 Å². The van der Waals surface area contributed by atoms with Gasteiger partial charge in [0.15, 0.2) is 0 Å². The molecule has 122 valence electrons. The van der Waals surface area contributed by atoms with Crippen LogP contribution in [-0.4, -0.2) is 38.8 Å². The number of hydrogen-bond donors (Lipinski definition) is 2. The summed E-state index contributed by atoms with van der Waals surface area (Å²) in [5.41, 5.74) is 5.91. The van der Waals surface area contributed by atoms with E-state index in [0.717, 1.165) is 32.1 Å². The summed E-state index contributed by atoms with van der Waals surface area (Å²) >= 11 is 0. The molecule has 0 amide bonds. The van der Waals surface area contributed by atoms with E-state index in [1.807, 2.05) is 0 Å². The van der Waals surface area contributed by atoms with Crippen LogP contribution >= 0.6 is 0 Å². The van der Waals surface area contributed by atoms with E-state index in [-0.39, 0.29) is 12.1 Å². The topological polar surface area (TPSA) is 98.5 Å². The molecule has 4 atom stereocenters. The number of hydrogen-bond acceptors (Lipinski definition) is 5. The molecule has 2 saturated carbocycles. The largest absolute Gasteiger partial charge is 0.469 e. The van der Waals surface area contributed by atoms with Crippen LogP contribution in [0.25, 0.3) is 0 Å². The Morgan fingerprint density at radius 3 is 2.52 bits per heavy atom. The summed E-state index contributed by atoms with van der Waals surface area (Å²) in [5, 5.41) is -0.670. The van der Waals surface area contributed by atoms with E-state index in [0.29, 0.717) is 19.3 Å². The lowest BCUT2D eigenvalue weighted by molar-refractivity contribution is -0.146. The number of ether oxygens (including phenoxy) is 1. The second-order valence-electron chi connectivity index (χ2n) is 6.24. The van der Waals surface area contributed by atoms with Gasteiger partial charge in [0.2, 0.25) is 10.0 Å². The van der Waals surface area contributed by atoms with Crippen LogP contribution in [0.5, 0.6) is 0 Å². The maximum absolute atomic E-state index is 12.6. The molecule has 0 aromatic heterocycles. The van der Waals surface area contributed by atoms with Crippen LogP contribution in [0.15, 0.2) is 0 Å². The van der Waals surface area contributed by atoms with Crippen molar-refractivity contribution in [2.45, 2.75) is 68.7 Å². The average molecular weight is 318 g/mol. The molecule has 7 heteroatoms. The van der Waals surface area contributed by atoms with Gasteiger partial charge < -0.3 is 10.5 Å². The number of rotatable bonds is 4. The van der Waals surface area contributed by atoms with Crippen molar-refractivity contribution in [2.75, 3.05) is 7.11 Å². The first-order valence-corrected chi connectivity index (χ1v) is 9.33. The van der Waals surface area contributed by atoms with Gasteiger partial charge in [0, 0.05) is 12.1 Å². The van der Waals surface area contributed by atoms with Gasteiger partial charge >= 0.3 is 5.97 Å². The highest BCUT2D eigenvalue weighted by molar-refractivity contribution is 7.90. The van der Waals surface area contributed by atoms with Crippen LogP contribution in [0.2, 0.25) is 0 Å². The molecule has 0 spiro atoms. The van der Waals surface area contributed by atoms with E-state index < -0.39 is 27.2 Å². The molecule has 0 aromatic carbocycles. The molecule has 4 unspecified atom stereocenters. The van der Waals surface area contributed by atoms with Crippen molar-refractivity contribution in [3.05, 3.63) is 0 Å². The molecule has 21 heavy (non-hydrogen) atoms. The number of esters is 1. The zero-order valence-electron chi connectivity index (χ0n) is 12.6. The lowest BCUT2D eigenvalue weighted by atomic mass is 9.89. The number of methoxy groups -OCH3 is 1. The molecule has 0 bridgehead atoms. The molecule has 3 N–H and O–H groups in total. The van der Waals surface area contributed by atoms with Gasteiger partial charge in [0.05, 0.1) is 18.3 Å². The fourth-order valence-corrected chi connectivity index (χ4v) is 5.55. The molecule has 2 aliphatic rings. The zero-order chi connectivity index (χ0) is 15.5. The third kappa shape index (κ3) is 4.17. The summed E-state index contributed by atoms with van der Waals surface area (Å²) in [7, 11) is -2.20. The minimum absolute atomic E-state index is 0.0641. The number of carbonyl (C=O) groups is 1. The standard InChI is InChI=1S/C14H26N2O4S/c1-20-14(17)12-7-2-3-8-13(12)21(18,19)16-11-6-4-5-10(15)9-11/h10-13,16H,2-9,15H2,1H3. The Morgan fingerprint density at radius 1 is 1.14 bits per heavy atom. The number of sulfonamides is 1. The molecule has 2 aliphatic carbocycles. The van der Waals surface area contributed by atoms with Crippen molar-refractivity contribution in [1.82, 2.24) is 4.72 Å². The molecule has 0 heterocycles. The van der Waals surface area contributed by atoms with Gasteiger partial charge in [-0.2, -0.15) is 0 Å². The van der Waals surface area contributed by atoms with Crippen LogP contribution < -0.4 is 10.5 Å². The molecular weight excluding hydrogens is 292 g/mol. The summed E-state index contributed by atoms with van der Waals surface area (Å²) < 4.78 is 32.8. The highest BCUT2D eigenvalue weighted by Gasteiger charge is 2.41. The van der Waals surface area contributed by atoms with Gasteiger partial charge in [-0.3, -0.25) is 4.79 Å². The van der Waals surface area contributed by atoms with Crippen LogP contribution in [0.1, 0.15) is 51.4 Å². The highest BCUT2D eigenvalue weighted by atomic mass is 32.2. The van der Waals surface area contributed by atoms with Crippen molar-refractivity contribution < 1.29 is 17.9 Å². The zero-order valence-corrected chi connectivity index (χ0v) is 13.4. The number of nitrogens with one attached hydrogen (secondary N) is 1. The molecule has 2 fully saturated rings. The Balaban J connectivity index is 2.07. The van der Waals surface area contributed by atoms with E-state index in [1.165, 1.54) is 7.11 Å². The lowest BCUT2D eigenvalue weighted by Gasteiger charge is -2.33. The minimum Gasteiger partial charge on any atom is -0.469 e. The summed E-state index contributed by atoms with van der Waals surface area (Å²) in [6, 6.07) is -0.0341. The first kappa shape index (κ1) is 16.7. The van der Waals surface area contributed by atoms with Crippen LogP contribution in [-0.2, 0) is 19.6 Å². The summed E-state index contributed by atoms with van der Waals surface area (Å²) in [4.78, 5) is 11.8. The Hall–Kier alpha value is -0.660. The SMILES string of the molecule is COC(=O)C1CCCCC1S(=O)(=O)NC1CCCC(N)C1. The fourth-order valence-electron chi connectivity index (χ4n) is 3.54. The van der Waals surface area contributed by atoms with Gasteiger partial charge in [0.1, 0.15) is 0 Å². The van der Waals surface area contributed by atoms with E-state index in [1.54, 1.807) is 0 Å². The van der Waals surface area contributed by atoms with Gasteiger partial charge in [0.25, 0.3) is 0 Å². The molecule has 0 aromatic rings. The van der Waals surface area contributed by atoms with Gasteiger partial charge in [-0.1, -0.05) is 19.3 Å². The number of carbonyl (C=O) groups excluding carboxylic acids is 1. The van der Waals surface area contributed by atoms with Crippen molar-refractivity contribution in [3.63, 3.8) is 0 Å². The monoisotopic (exact) mass is 318 g/mol. The second kappa shape index (κ2) is 7.07. The first-order chi connectivity index (χ1) is 9.94. The van der Waals surface area contributed by atoms with E-state index in [4.69, 9.17) is 10.5 Å². The Bertz CT molecular complexity index is 466. The van der Waals surface area contributed by atoms with Crippen LogP contribution in [0.3, 0.4) is 0 Å². The van der Waals surface area contributed by atoms with E-state index >= 15 is 0 Å². The molecule has 6 nitrogen and oxygen atoms in total. The van der Waals surface area contributed by atoms with Gasteiger partial charge in [-0.15, -0.1) is 0 Å². The molecule has 0 aliphatic heterocycles. The fraction of sp³-hybridized carbons (Fsp3) is 0.929. The van der Waals surface area contributed by atoms with E-state index in [9.17, 15) is 13.2 Å². The Kier molecular flexibility index (Phi) is 5.62. The van der Waals surface area contributed by atoms with Crippen molar-refractivity contribution in [2.24, 2.45) is 11.7 Å². The third-order valence-corrected chi connectivity index (χ3v) is 6.67. The third-order valence-electron chi connectivity index (χ3n) is 4.65. The predicted octanol–water partition coefficient (Wildman–Crippen LogP) is 0.908. The molecule has 2 rings (SSSR count). The molecule has 0 saturated heterocycles. The molecular formula is C14H26N2O4S. The van der Waals surface area contributed by atoms with Gasteiger partial charge in [-0.05, 0) is 32.1 Å². The normalized spacial score (nSPS) is 34.4. The van der Waals surface area contributed by atoms with Crippen molar-refractivity contribution in [1.29, 1.82) is 0 Å². The van der Waals surface area contributed by atoms with Crippen LogP contribution in [0, 0.1) is 5.92 Å². The molecule has 0 radical (unpaired) electrons. The second-order valence-corrected chi connectivity index (χ2v) is 8.17. The smallest absolute Gasteiger partial charge is 0.310 e. The summed E-state index contributed by atoms with van der Waals surface area (Å²) in [5.74, 6) is -0.955. The van der Waals surface area contributed by atoms with Crippen molar-refractivity contribution >= 4 is 16.0 Å². The number of nitrogens with two attached hydrogens (primary N) is 1. The minimum atomic E-state index is -3.52. The predicted molar refractivity (Wildman–Crippen MR) is 80.0 cm³/mol. The summed E-state index contributed by atoms with van der Waals surface area (Å²) in [6.45, 7) is 0. The first-order valence-electron chi connectivity index (χ1n) is 7.78. The summed E-state index contributed by atoms with van der Waals surface area (Å²) in [6.07, 6.45) is 6.21. The average Bonchev–Trinajstić information content (AvgIpc) is 2.46.